The average molecular weight is 205 g/mol. The molecule has 0 fully saturated rings. The third kappa shape index (κ3) is 2.56. The van der Waals surface area contributed by atoms with Gasteiger partial charge in [0.1, 0.15) is 5.82 Å². The quantitative estimate of drug-likeness (QED) is 0.832. The Morgan fingerprint density at radius 1 is 1.47 bits per heavy atom. The summed E-state index contributed by atoms with van der Waals surface area (Å²) in [7, 11) is 1.97. The normalized spacial score (nSPS) is 10.3. The summed E-state index contributed by atoms with van der Waals surface area (Å²) < 4.78 is 14.8. The van der Waals surface area contributed by atoms with Crippen molar-refractivity contribution >= 4 is 5.69 Å². The highest BCUT2D eigenvalue weighted by Crippen LogP contribution is 2.09. The van der Waals surface area contributed by atoms with E-state index in [1.165, 1.54) is 12.3 Å². The van der Waals surface area contributed by atoms with Crippen LogP contribution >= 0.6 is 0 Å². The molecule has 2 aromatic rings. The van der Waals surface area contributed by atoms with E-state index in [2.05, 4.69) is 10.3 Å². The Kier molecular flexibility index (Phi) is 2.67. The molecule has 0 aliphatic rings. The minimum absolute atomic E-state index is 0.326. The third-order valence-corrected chi connectivity index (χ3v) is 2.09. The molecule has 3 nitrogen and oxygen atoms in total. The highest BCUT2D eigenvalue weighted by Gasteiger charge is 1.97. The summed E-state index contributed by atoms with van der Waals surface area (Å²) in [5.74, 6) is -0.326. The fourth-order valence-corrected chi connectivity index (χ4v) is 1.38. The second-order valence-corrected chi connectivity index (χ2v) is 3.43. The number of anilines is 1. The summed E-state index contributed by atoms with van der Waals surface area (Å²) >= 11 is 0. The number of aromatic nitrogens is 2. The SMILES string of the molecule is Cn1ccc(CNc2cncc(F)c2)c1. The van der Waals surface area contributed by atoms with Crippen LogP contribution in [0.4, 0.5) is 10.1 Å². The monoisotopic (exact) mass is 205 g/mol. The largest absolute Gasteiger partial charge is 0.380 e. The van der Waals surface area contributed by atoms with Gasteiger partial charge in [0.25, 0.3) is 0 Å². The lowest BCUT2D eigenvalue weighted by Crippen LogP contribution is -1.99. The van der Waals surface area contributed by atoms with Crippen molar-refractivity contribution < 1.29 is 4.39 Å². The van der Waals surface area contributed by atoms with E-state index < -0.39 is 0 Å². The maximum absolute atomic E-state index is 12.8. The van der Waals surface area contributed by atoms with Crippen molar-refractivity contribution in [2.75, 3.05) is 5.32 Å². The van der Waals surface area contributed by atoms with Gasteiger partial charge in [-0.25, -0.2) is 4.39 Å². The molecular weight excluding hydrogens is 193 g/mol. The van der Waals surface area contributed by atoms with Gasteiger partial charge in [-0.1, -0.05) is 0 Å². The number of aryl methyl sites for hydroxylation is 1. The summed E-state index contributed by atoms with van der Waals surface area (Å²) in [4.78, 5) is 3.76. The second kappa shape index (κ2) is 4.13. The summed E-state index contributed by atoms with van der Waals surface area (Å²) in [6.07, 6.45) is 6.78. The average Bonchev–Trinajstić information content (AvgIpc) is 2.62. The van der Waals surface area contributed by atoms with Crippen LogP contribution in [-0.4, -0.2) is 9.55 Å². The molecule has 2 rings (SSSR count). The zero-order valence-corrected chi connectivity index (χ0v) is 8.44. The van der Waals surface area contributed by atoms with E-state index in [0.717, 1.165) is 5.56 Å². The van der Waals surface area contributed by atoms with Crippen molar-refractivity contribution in [3.63, 3.8) is 0 Å². The number of nitrogens with one attached hydrogen (secondary N) is 1. The molecule has 78 valence electrons. The first-order valence-electron chi connectivity index (χ1n) is 4.69. The molecule has 0 bridgehead atoms. The van der Waals surface area contributed by atoms with Gasteiger partial charge in [-0.05, 0) is 11.6 Å². The highest BCUT2D eigenvalue weighted by molar-refractivity contribution is 5.40. The molecule has 1 N–H and O–H groups in total. The van der Waals surface area contributed by atoms with Gasteiger partial charge in [0, 0.05) is 32.1 Å². The van der Waals surface area contributed by atoms with E-state index in [0.29, 0.717) is 12.2 Å². The molecule has 0 saturated carbocycles. The van der Waals surface area contributed by atoms with Gasteiger partial charge in [0.15, 0.2) is 0 Å². The number of rotatable bonds is 3. The van der Waals surface area contributed by atoms with Gasteiger partial charge >= 0.3 is 0 Å². The Hall–Kier alpha value is -1.84. The van der Waals surface area contributed by atoms with E-state index >= 15 is 0 Å². The molecule has 0 spiro atoms. The molecule has 0 radical (unpaired) electrons. The zero-order chi connectivity index (χ0) is 10.7. The standard InChI is InChI=1S/C11H12FN3/c1-15-3-2-9(8-15)5-14-11-4-10(12)6-13-7-11/h2-4,6-8,14H,5H2,1H3. The number of hydrogen-bond acceptors (Lipinski definition) is 2. The van der Waals surface area contributed by atoms with Crippen molar-refractivity contribution in [3.8, 4) is 0 Å². The smallest absolute Gasteiger partial charge is 0.143 e. The number of nitrogens with zero attached hydrogens (tertiary/aromatic N) is 2. The van der Waals surface area contributed by atoms with Crippen LogP contribution in [0.2, 0.25) is 0 Å². The van der Waals surface area contributed by atoms with Crippen LogP contribution in [-0.2, 0) is 13.6 Å². The number of halogens is 1. The van der Waals surface area contributed by atoms with Gasteiger partial charge in [-0.15, -0.1) is 0 Å². The lowest BCUT2D eigenvalue weighted by molar-refractivity contribution is 0.622. The van der Waals surface area contributed by atoms with Crippen molar-refractivity contribution in [1.82, 2.24) is 9.55 Å². The van der Waals surface area contributed by atoms with E-state index in [1.807, 2.05) is 30.1 Å². The fourth-order valence-electron chi connectivity index (χ4n) is 1.38. The number of hydrogen-bond donors (Lipinski definition) is 1. The van der Waals surface area contributed by atoms with Crippen molar-refractivity contribution in [2.24, 2.45) is 7.05 Å². The first kappa shape index (κ1) is 9.71. The lowest BCUT2D eigenvalue weighted by atomic mass is 10.3. The summed E-state index contributed by atoms with van der Waals surface area (Å²) in [6.45, 7) is 0.673. The maximum atomic E-state index is 12.8. The Bertz CT molecular complexity index is 451. The minimum atomic E-state index is -0.326. The predicted octanol–water partition coefficient (Wildman–Crippen LogP) is 2.17. The summed E-state index contributed by atoms with van der Waals surface area (Å²) in [5, 5.41) is 3.10. The minimum Gasteiger partial charge on any atom is -0.380 e. The van der Waals surface area contributed by atoms with E-state index in [1.54, 1.807) is 6.20 Å². The highest BCUT2D eigenvalue weighted by atomic mass is 19.1. The second-order valence-electron chi connectivity index (χ2n) is 3.43. The van der Waals surface area contributed by atoms with Crippen molar-refractivity contribution in [2.45, 2.75) is 6.54 Å². The van der Waals surface area contributed by atoms with Gasteiger partial charge < -0.3 is 9.88 Å². The molecule has 0 aliphatic carbocycles. The van der Waals surface area contributed by atoms with Gasteiger partial charge in [0.05, 0.1) is 18.1 Å². The first-order chi connectivity index (χ1) is 7.24. The number of pyridine rings is 1. The maximum Gasteiger partial charge on any atom is 0.143 e. The molecule has 0 amide bonds. The van der Waals surface area contributed by atoms with Gasteiger partial charge in [-0.3, -0.25) is 4.98 Å². The molecule has 0 saturated heterocycles. The van der Waals surface area contributed by atoms with Gasteiger partial charge in [-0.2, -0.15) is 0 Å². The Labute approximate surface area is 87.6 Å². The van der Waals surface area contributed by atoms with Crippen LogP contribution in [0.25, 0.3) is 0 Å². The van der Waals surface area contributed by atoms with E-state index in [4.69, 9.17) is 0 Å². The van der Waals surface area contributed by atoms with Crippen LogP contribution in [0.3, 0.4) is 0 Å². The predicted molar refractivity (Wildman–Crippen MR) is 56.9 cm³/mol. The molecule has 0 aromatic carbocycles. The molecule has 0 aliphatic heterocycles. The molecule has 2 heterocycles. The first-order valence-corrected chi connectivity index (χ1v) is 4.69. The van der Waals surface area contributed by atoms with Gasteiger partial charge in [0.2, 0.25) is 0 Å². The molecule has 2 aromatic heterocycles. The summed E-state index contributed by atoms with van der Waals surface area (Å²) in [6, 6.07) is 3.44. The Balaban J connectivity index is 1.99. The molecule has 15 heavy (non-hydrogen) atoms. The van der Waals surface area contributed by atoms with Crippen molar-refractivity contribution in [1.29, 1.82) is 0 Å². The van der Waals surface area contributed by atoms with E-state index in [-0.39, 0.29) is 5.82 Å². The molecule has 0 unspecified atom stereocenters. The molecule has 4 heteroatoms. The lowest BCUT2D eigenvalue weighted by Gasteiger charge is -2.03. The van der Waals surface area contributed by atoms with Crippen LogP contribution in [0, 0.1) is 5.82 Å². The van der Waals surface area contributed by atoms with Crippen LogP contribution in [0.5, 0.6) is 0 Å². The Morgan fingerprint density at radius 2 is 2.33 bits per heavy atom. The van der Waals surface area contributed by atoms with Crippen molar-refractivity contribution in [3.05, 3.63) is 48.3 Å². The fraction of sp³-hybridized carbons (Fsp3) is 0.182. The topological polar surface area (TPSA) is 29.9 Å². The molecular formula is C11H12FN3. The van der Waals surface area contributed by atoms with Crippen LogP contribution < -0.4 is 5.32 Å². The Morgan fingerprint density at radius 3 is 3.00 bits per heavy atom. The molecule has 0 atom stereocenters. The van der Waals surface area contributed by atoms with E-state index in [9.17, 15) is 4.39 Å². The third-order valence-electron chi connectivity index (χ3n) is 2.09. The zero-order valence-electron chi connectivity index (χ0n) is 8.44. The summed E-state index contributed by atoms with van der Waals surface area (Å²) in [5.41, 5.74) is 1.85. The van der Waals surface area contributed by atoms with Crippen LogP contribution in [0.1, 0.15) is 5.56 Å². The van der Waals surface area contributed by atoms with Crippen LogP contribution in [0.15, 0.2) is 36.9 Å².